The molecule has 0 N–H and O–H groups in total. The molecular formula is C36H48N8O4+2. The van der Waals surface area contributed by atoms with Gasteiger partial charge in [0.15, 0.2) is 0 Å². The molecule has 0 amide bonds. The van der Waals surface area contributed by atoms with Crippen LogP contribution in [0.3, 0.4) is 0 Å². The number of aromatic nitrogens is 6. The molecule has 0 bridgehead atoms. The Morgan fingerprint density at radius 1 is 0.562 bits per heavy atom. The molecule has 6 rings (SSSR count). The summed E-state index contributed by atoms with van der Waals surface area (Å²) in [6.45, 7) is 5.09. The molecule has 0 saturated carbocycles. The highest BCUT2D eigenvalue weighted by atomic mass is 16.8. The van der Waals surface area contributed by atoms with Gasteiger partial charge in [-0.05, 0) is 25.7 Å². The van der Waals surface area contributed by atoms with Gasteiger partial charge in [0.05, 0.1) is 25.5 Å². The summed E-state index contributed by atoms with van der Waals surface area (Å²) < 4.78 is 0.269. The molecule has 0 radical (unpaired) electrons. The SMILES string of the molecule is O=C(O[N+]1(CCCn2ncc(-c3ccccc3)n2)CCCCCC1)C(=O)O[N+]1(CCCn2ncc(-c3ccccc3)n2)CCCCCC1. The van der Waals surface area contributed by atoms with Crippen molar-refractivity contribution < 1.29 is 28.6 Å². The summed E-state index contributed by atoms with van der Waals surface area (Å²) in [5, 5.41) is 18.2. The smallest absolute Gasteiger partial charge is 0.263 e. The van der Waals surface area contributed by atoms with Crippen LogP contribution in [0, 0.1) is 0 Å². The van der Waals surface area contributed by atoms with Crippen LogP contribution in [0.25, 0.3) is 22.5 Å². The van der Waals surface area contributed by atoms with Crippen LogP contribution in [0.4, 0.5) is 0 Å². The largest absolute Gasteiger partial charge is 0.480 e. The van der Waals surface area contributed by atoms with Crippen molar-refractivity contribution in [2.45, 2.75) is 77.3 Å². The van der Waals surface area contributed by atoms with E-state index in [-0.39, 0.29) is 9.29 Å². The number of hydrogen-bond acceptors (Lipinski definition) is 8. The number of rotatable bonds is 12. The Morgan fingerprint density at radius 3 is 1.31 bits per heavy atom. The Hall–Kier alpha value is -4.42. The number of hydroxylamine groups is 6. The Labute approximate surface area is 282 Å². The zero-order chi connectivity index (χ0) is 33.1. The van der Waals surface area contributed by atoms with Crippen LogP contribution in [-0.2, 0) is 32.4 Å². The van der Waals surface area contributed by atoms with E-state index >= 15 is 0 Å². The molecule has 2 aliphatic rings. The second-order valence-corrected chi connectivity index (χ2v) is 13.1. The zero-order valence-electron chi connectivity index (χ0n) is 27.9. The van der Waals surface area contributed by atoms with E-state index in [1.807, 2.05) is 60.7 Å². The summed E-state index contributed by atoms with van der Waals surface area (Å²) in [6, 6.07) is 20.0. The quantitative estimate of drug-likeness (QED) is 0.148. The van der Waals surface area contributed by atoms with Crippen molar-refractivity contribution in [3.05, 3.63) is 73.1 Å². The van der Waals surface area contributed by atoms with Gasteiger partial charge in [-0.1, -0.05) is 60.7 Å². The van der Waals surface area contributed by atoms with Gasteiger partial charge in [0, 0.05) is 49.7 Å². The molecule has 0 spiro atoms. The standard InChI is InChI=1S/C36H48N8O4/c45-35(47-43(23-11-1-2-12-24-43)27-15-21-41-37-29-33(39-41)31-17-7-5-8-18-31)36(46)48-44(25-13-3-4-14-26-44)28-16-22-42-38-30-34(40-42)32-19-9-6-10-20-32/h5-10,17-20,29-30H,1-4,11-16,21-28H2/q+2. The highest BCUT2D eigenvalue weighted by molar-refractivity contribution is 6.29. The van der Waals surface area contributed by atoms with Crippen molar-refractivity contribution in [2.24, 2.45) is 0 Å². The molecule has 2 aromatic carbocycles. The van der Waals surface area contributed by atoms with Gasteiger partial charge < -0.3 is 0 Å². The summed E-state index contributed by atoms with van der Waals surface area (Å²) in [5.41, 5.74) is 3.69. The van der Waals surface area contributed by atoms with Crippen LogP contribution in [0.15, 0.2) is 73.1 Å². The molecule has 0 atom stereocenters. The van der Waals surface area contributed by atoms with Crippen molar-refractivity contribution in [1.29, 1.82) is 0 Å². The lowest BCUT2D eigenvalue weighted by Gasteiger charge is -2.35. The van der Waals surface area contributed by atoms with E-state index in [0.29, 0.717) is 65.2 Å². The summed E-state index contributed by atoms with van der Waals surface area (Å²) in [6.07, 6.45) is 13.1. The number of hydrogen-bond donors (Lipinski definition) is 0. The lowest BCUT2D eigenvalue weighted by molar-refractivity contribution is -1.09. The molecule has 2 aromatic heterocycles. The lowest BCUT2D eigenvalue weighted by Crippen LogP contribution is -2.55. The van der Waals surface area contributed by atoms with Crippen LogP contribution in [0.2, 0.25) is 0 Å². The fraction of sp³-hybridized carbons (Fsp3) is 0.500. The van der Waals surface area contributed by atoms with E-state index in [0.717, 1.165) is 73.9 Å². The number of carbonyl (C=O) groups is 2. The second kappa shape index (κ2) is 16.1. The Morgan fingerprint density at radius 2 is 0.938 bits per heavy atom. The van der Waals surface area contributed by atoms with Gasteiger partial charge in [0.2, 0.25) is 0 Å². The number of benzene rings is 2. The van der Waals surface area contributed by atoms with Crippen LogP contribution >= 0.6 is 0 Å². The van der Waals surface area contributed by atoms with Crippen LogP contribution < -0.4 is 0 Å². The van der Waals surface area contributed by atoms with Gasteiger partial charge in [0.25, 0.3) is 0 Å². The molecule has 0 unspecified atom stereocenters. The summed E-state index contributed by atoms with van der Waals surface area (Å²) in [5.74, 6) is -1.80. The number of likely N-dealkylation sites (tertiary alicyclic amines) is 2. The van der Waals surface area contributed by atoms with Crippen LogP contribution in [0.5, 0.6) is 0 Å². The average Bonchev–Trinajstić information content (AvgIpc) is 3.65. The maximum absolute atomic E-state index is 13.5. The first-order valence-electron chi connectivity index (χ1n) is 17.6. The minimum atomic E-state index is -0.900. The molecule has 0 aliphatic carbocycles. The highest BCUT2D eigenvalue weighted by Crippen LogP contribution is 2.24. The van der Waals surface area contributed by atoms with E-state index in [4.69, 9.17) is 9.68 Å². The fourth-order valence-electron chi connectivity index (χ4n) is 6.97. The molecule has 4 aromatic rings. The first-order valence-corrected chi connectivity index (χ1v) is 17.6. The highest BCUT2D eigenvalue weighted by Gasteiger charge is 2.42. The molecule has 4 heterocycles. The Bertz CT molecular complexity index is 1470. The fourth-order valence-corrected chi connectivity index (χ4v) is 6.97. The predicted octanol–water partition coefficient (Wildman–Crippen LogP) is 5.38. The molecule has 2 aliphatic heterocycles. The average molecular weight is 657 g/mol. The van der Waals surface area contributed by atoms with E-state index in [1.165, 1.54) is 0 Å². The second-order valence-electron chi connectivity index (χ2n) is 13.1. The number of aryl methyl sites for hydroxylation is 2. The number of nitrogens with zero attached hydrogens (tertiary/aromatic N) is 8. The predicted molar refractivity (Wildman–Crippen MR) is 179 cm³/mol. The third-order valence-electron chi connectivity index (χ3n) is 9.54. The van der Waals surface area contributed by atoms with Gasteiger partial charge in [-0.25, -0.2) is 9.59 Å². The topological polar surface area (TPSA) is 114 Å². The van der Waals surface area contributed by atoms with Crippen molar-refractivity contribution >= 4 is 11.9 Å². The van der Waals surface area contributed by atoms with Gasteiger partial charge >= 0.3 is 11.9 Å². The first-order chi connectivity index (χ1) is 23.5. The molecule has 254 valence electrons. The third kappa shape index (κ3) is 8.93. The first kappa shape index (κ1) is 33.5. The van der Waals surface area contributed by atoms with Gasteiger partial charge in [-0.3, -0.25) is 9.68 Å². The maximum Gasteiger partial charge on any atom is 0.480 e. The lowest BCUT2D eigenvalue weighted by atomic mass is 10.2. The van der Waals surface area contributed by atoms with Crippen LogP contribution in [0.1, 0.15) is 64.2 Å². The van der Waals surface area contributed by atoms with Gasteiger partial charge in [-0.2, -0.15) is 30.0 Å². The van der Waals surface area contributed by atoms with Gasteiger partial charge in [0.1, 0.15) is 50.7 Å². The Kier molecular flexibility index (Phi) is 11.2. The normalized spacial score (nSPS) is 17.6. The van der Waals surface area contributed by atoms with Crippen LogP contribution in [-0.4, -0.2) is 90.5 Å². The van der Waals surface area contributed by atoms with Crippen molar-refractivity contribution in [3.8, 4) is 22.5 Å². The molecular weight excluding hydrogens is 608 g/mol. The van der Waals surface area contributed by atoms with E-state index in [9.17, 15) is 9.59 Å². The maximum atomic E-state index is 13.5. The minimum absolute atomic E-state index is 0.134. The molecule has 2 saturated heterocycles. The molecule has 48 heavy (non-hydrogen) atoms. The van der Waals surface area contributed by atoms with Crippen molar-refractivity contribution in [2.75, 3.05) is 39.3 Å². The third-order valence-corrected chi connectivity index (χ3v) is 9.54. The van der Waals surface area contributed by atoms with E-state index in [2.05, 4.69) is 20.4 Å². The summed E-state index contributed by atoms with van der Waals surface area (Å²) in [4.78, 5) is 42.6. The minimum Gasteiger partial charge on any atom is -0.263 e. The number of quaternary nitrogens is 2. The summed E-state index contributed by atoms with van der Waals surface area (Å²) in [7, 11) is 0. The molecule has 12 heteroatoms. The molecule has 12 nitrogen and oxygen atoms in total. The van der Waals surface area contributed by atoms with Crippen molar-refractivity contribution in [3.63, 3.8) is 0 Å². The summed E-state index contributed by atoms with van der Waals surface area (Å²) >= 11 is 0. The Balaban J connectivity index is 1.06. The molecule has 2 fully saturated rings. The zero-order valence-corrected chi connectivity index (χ0v) is 27.9. The van der Waals surface area contributed by atoms with Gasteiger partial charge in [-0.15, -0.1) is 9.29 Å². The monoisotopic (exact) mass is 656 g/mol. The van der Waals surface area contributed by atoms with Crippen molar-refractivity contribution in [1.82, 2.24) is 30.0 Å². The van der Waals surface area contributed by atoms with E-state index < -0.39 is 11.9 Å². The van der Waals surface area contributed by atoms with E-state index in [1.54, 1.807) is 22.0 Å². The number of carbonyl (C=O) groups excluding carboxylic acids is 2.